The van der Waals surface area contributed by atoms with Crippen LogP contribution in [0.2, 0.25) is 0 Å². The normalized spacial score (nSPS) is 17.6. The fourth-order valence-electron chi connectivity index (χ4n) is 2.79. The zero-order valence-electron chi connectivity index (χ0n) is 15.7. The summed E-state index contributed by atoms with van der Waals surface area (Å²) in [7, 11) is 0. The Bertz CT molecular complexity index is 751. The standard InChI is InChI=1S/C20H27N3O2S/c1-4-14-11-21-19(22-17(14)15-6-5-7-16(24)10-15)23-18(25)20(2,3)26-12-13-8-9-13/h5-7,10,13,24H,4,8-9,11-12H2,1-3H3,(H2,21,22,23,25)/p+1. The number of hydrogen-bond donors (Lipinski definition) is 3. The van der Waals surface area contributed by atoms with E-state index in [1.165, 1.54) is 24.6 Å². The van der Waals surface area contributed by atoms with Gasteiger partial charge in [-0.2, -0.15) is 0 Å². The van der Waals surface area contributed by atoms with Crippen LogP contribution in [0.15, 0.2) is 34.8 Å². The molecule has 0 atom stereocenters. The zero-order chi connectivity index (χ0) is 18.7. The lowest BCUT2D eigenvalue weighted by atomic mass is 10.0. The van der Waals surface area contributed by atoms with E-state index in [0.29, 0.717) is 12.5 Å². The summed E-state index contributed by atoms with van der Waals surface area (Å²) in [6, 6.07) is 7.13. The van der Waals surface area contributed by atoms with Gasteiger partial charge in [0.15, 0.2) is 4.75 Å². The van der Waals surface area contributed by atoms with Gasteiger partial charge >= 0.3 is 0 Å². The zero-order valence-corrected chi connectivity index (χ0v) is 16.6. The highest BCUT2D eigenvalue weighted by atomic mass is 32.2. The first-order valence-electron chi connectivity index (χ1n) is 9.22. The number of nitrogens with one attached hydrogen (secondary N) is 2. The molecular weight excluding hydrogens is 346 g/mol. The minimum Gasteiger partial charge on any atom is -0.508 e. The van der Waals surface area contributed by atoms with Crippen molar-refractivity contribution in [2.75, 3.05) is 12.3 Å². The number of hydrogen-bond acceptors (Lipinski definition) is 4. The first kappa shape index (κ1) is 18.8. The molecule has 2 aliphatic rings. The van der Waals surface area contributed by atoms with Crippen LogP contribution >= 0.6 is 0 Å². The molecule has 1 fully saturated rings. The molecule has 0 unspecified atom stereocenters. The van der Waals surface area contributed by atoms with Crippen molar-refractivity contribution in [1.82, 2.24) is 10.6 Å². The van der Waals surface area contributed by atoms with Crippen molar-refractivity contribution in [3.05, 3.63) is 35.4 Å². The van der Waals surface area contributed by atoms with Gasteiger partial charge in [-0.3, -0.25) is 10.1 Å². The van der Waals surface area contributed by atoms with Crippen LogP contribution in [0.5, 0.6) is 5.75 Å². The lowest BCUT2D eigenvalue weighted by molar-refractivity contribution is -0.121. The van der Waals surface area contributed by atoms with Crippen LogP contribution in [0.4, 0.5) is 0 Å². The first-order chi connectivity index (χ1) is 12.4. The summed E-state index contributed by atoms with van der Waals surface area (Å²) in [6.45, 7) is 6.60. The van der Waals surface area contributed by atoms with E-state index in [9.17, 15) is 9.90 Å². The molecule has 3 N–H and O–H groups in total. The minimum atomic E-state index is -0.438. The Morgan fingerprint density at radius 2 is 2.19 bits per heavy atom. The summed E-state index contributed by atoms with van der Waals surface area (Å²) in [5, 5.41) is 16.0. The lowest BCUT2D eigenvalue weighted by Gasteiger charge is -2.24. The van der Waals surface area contributed by atoms with E-state index in [1.54, 1.807) is 12.1 Å². The fourth-order valence-corrected chi connectivity index (χ4v) is 4.07. The molecule has 26 heavy (non-hydrogen) atoms. The summed E-state index contributed by atoms with van der Waals surface area (Å²) < 4.78 is -0.438. The van der Waals surface area contributed by atoms with E-state index in [2.05, 4.69) is 22.5 Å². The summed E-state index contributed by atoms with van der Waals surface area (Å²) in [6.07, 6.45) is 3.46. The third kappa shape index (κ3) is 4.61. The number of phenols is 1. The van der Waals surface area contributed by atoms with Crippen molar-refractivity contribution in [1.29, 1.82) is 0 Å². The third-order valence-electron chi connectivity index (χ3n) is 4.82. The number of aliphatic imine (C=N–C) groups is 1. The van der Waals surface area contributed by atoms with E-state index >= 15 is 0 Å². The second-order valence-electron chi connectivity index (χ2n) is 7.47. The van der Waals surface area contributed by atoms with Gasteiger partial charge in [-0.25, -0.2) is 4.99 Å². The molecule has 1 aliphatic carbocycles. The van der Waals surface area contributed by atoms with Crippen LogP contribution < -0.4 is 10.6 Å². The van der Waals surface area contributed by atoms with Gasteiger partial charge in [-0.1, -0.05) is 19.1 Å². The molecule has 0 spiro atoms. The maximum absolute atomic E-state index is 12.7. The lowest BCUT2D eigenvalue weighted by Crippen LogP contribution is -2.51. The number of carbonyl (C=O) groups is 1. The molecule has 0 radical (unpaired) electrons. The van der Waals surface area contributed by atoms with Crippen molar-refractivity contribution < 1.29 is 9.90 Å². The van der Waals surface area contributed by atoms with Gasteiger partial charge < -0.3 is 10.4 Å². The maximum Gasteiger partial charge on any atom is 0.282 e. The fraction of sp³-hybridized carbons (Fsp3) is 0.500. The summed E-state index contributed by atoms with van der Waals surface area (Å²) >= 11 is 1.17. The maximum atomic E-state index is 12.7. The molecule has 6 heteroatoms. The number of nitrogens with zero attached hydrogens (tertiary/aromatic N) is 1. The summed E-state index contributed by atoms with van der Waals surface area (Å²) in [4.78, 5) is 17.2. The molecule has 1 aromatic rings. The molecule has 1 aliphatic heterocycles. The van der Waals surface area contributed by atoms with Crippen LogP contribution in [0.3, 0.4) is 0 Å². The quantitative estimate of drug-likeness (QED) is 0.529. The monoisotopic (exact) mass is 374 g/mol. The average Bonchev–Trinajstić information content (AvgIpc) is 3.44. The first-order valence-corrected chi connectivity index (χ1v) is 10.3. The second kappa shape index (κ2) is 7.74. The van der Waals surface area contributed by atoms with Crippen LogP contribution in [-0.4, -0.2) is 34.0 Å². The Morgan fingerprint density at radius 1 is 1.42 bits per heavy atom. The number of rotatable bonds is 6. The van der Waals surface area contributed by atoms with Gasteiger partial charge in [0.05, 0.1) is 6.54 Å². The Labute approximate surface area is 159 Å². The highest BCUT2D eigenvalue weighted by Crippen LogP contribution is 2.31. The molecule has 140 valence electrons. The molecular formula is C20H28N3O2S+. The van der Waals surface area contributed by atoms with Crippen molar-refractivity contribution >= 4 is 29.3 Å². The number of guanidine groups is 1. The van der Waals surface area contributed by atoms with Gasteiger partial charge in [0.1, 0.15) is 11.5 Å². The number of phenolic OH excluding ortho intramolecular Hbond substituents is 1. The number of aromatic hydroxyl groups is 1. The number of carbonyl (C=O) groups excluding carboxylic acids is 1. The van der Waals surface area contributed by atoms with E-state index < -0.39 is 4.75 Å². The van der Waals surface area contributed by atoms with Crippen LogP contribution in [0.25, 0.3) is 5.70 Å². The molecule has 1 amide bonds. The van der Waals surface area contributed by atoms with Gasteiger partial charge in [0.2, 0.25) is 5.96 Å². The Balaban J connectivity index is 1.68. The van der Waals surface area contributed by atoms with Crippen molar-refractivity contribution in [2.45, 2.75) is 44.8 Å². The highest BCUT2D eigenvalue weighted by Gasteiger charge is 2.39. The molecule has 5 nitrogen and oxygen atoms in total. The number of benzene rings is 1. The summed E-state index contributed by atoms with van der Waals surface area (Å²) in [5.74, 6) is 2.59. The average molecular weight is 375 g/mol. The molecule has 1 heterocycles. The molecule has 0 aromatic heterocycles. The predicted molar refractivity (Wildman–Crippen MR) is 109 cm³/mol. The Kier molecular flexibility index (Phi) is 5.61. The number of thiol groups is 1. The van der Waals surface area contributed by atoms with Gasteiger partial charge in [-0.15, -0.1) is 0 Å². The van der Waals surface area contributed by atoms with E-state index in [-0.39, 0.29) is 11.7 Å². The van der Waals surface area contributed by atoms with Gasteiger partial charge in [-0.05, 0) is 62.6 Å². The molecule has 0 bridgehead atoms. The number of amides is 1. The minimum absolute atomic E-state index is 0.0127. The molecule has 1 saturated carbocycles. The molecule has 3 rings (SSSR count). The van der Waals surface area contributed by atoms with Crippen LogP contribution in [0.1, 0.15) is 45.6 Å². The van der Waals surface area contributed by atoms with Crippen molar-refractivity contribution in [2.24, 2.45) is 10.9 Å². The van der Waals surface area contributed by atoms with Crippen molar-refractivity contribution in [3.63, 3.8) is 0 Å². The third-order valence-corrected chi connectivity index (χ3v) is 6.51. The van der Waals surface area contributed by atoms with Crippen molar-refractivity contribution in [3.8, 4) is 5.75 Å². The highest BCUT2D eigenvalue weighted by molar-refractivity contribution is 7.80. The van der Waals surface area contributed by atoms with Gasteiger partial charge in [0, 0.05) is 17.2 Å². The SMILES string of the molecule is CCC1=C(c2cccc(O)c2)NC(NC(=O)C(C)(C)[SH+]CC2CC2)=NC1. The predicted octanol–water partition coefficient (Wildman–Crippen LogP) is 2.59. The smallest absolute Gasteiger partial charge is 0.282 e. The Morgan fingerprint density at radius 3 is 2.85 bits per heavy atom. The van der Waals surface area contributed by atoms with Crippen LogP contribution in [-0.2, 0) is 16.6 Å². The van der Waals surface area contributed by atoms with Gasteiger partial charge in [0.25, 0.3) is 5.91 Å². The molecule has 1 aromatic carbocycles. The topological polar surface area (TPSA) is 73.7 Å². The van der Waals surface area contributed by atoms with E-state index in [1.807, 2.05) is 26.0 Å². The van der Waals surface area contributed by atoms with Crippen LogP contribution in [0, 0.1) is 5.92 Å². The summed E-state index contributed by atoms with van der Waals surface area (Å²) in [5.41, 5.74) is 2.97. The molecule has 0 saturated heterocycles. The second-order valence-corrected chi connectivity index (χ2v) is 9.27. The van der Waals surface area contributed by atoms with E-state index in [0.717, 1.165) is 34.9 Å². The Hall–Kier alpha value is -1.95. The largest absolute Gasteiger partial charge is 0.508 e. The van der Waals surface area contributed by atoms with E-state index in [4.69, 9.17) is 0 Å².